The molecule has 1 atom stereocenters. The molecule has 0 fully saturated rings. The summed E-state index contributed by atoms with van der Waals surface area (Å²) in [5.74, 6) is -0.261. The lowest BCUT2D eigenvalue weighted by Gasteiger charge is -2.18. The lowest BCUT2D eigenvalue weighted by atomic mass is 10.0. The van der Waals surface area contributed by atoms with E-state index in [1.807, 2.05) is 12.1 Å². The maximum atomic E-state index is 13.9. The van der Waals surface area contributed by atoms with Gasteiger partial charge in [-0.2, -0.15) is 0 Å². The molecule has 5 heteroatoms. The Labute approximate surface area is 132 Å². The molecule has 1 N–H and O–H groups in total. The lowest BCUT2D eigenvalue weighted by Crippen LogP contribution is -2.23. The molecule has 108 valence electrons. The summed E-state index contributed by atoms with van der Waals surface area (Å²) in [5.41, 5.74) is 0.548. The second-order valence-electron chi connectivity index (χ2n) is 4.55. The van der Waals surface area contributed by atoms with Gasteiger partial charge in [-0.15, -0.1) is 11.3 Å². The van der Waals surface area contributed by atoms with Gasteiger partial charge in [0.05, 0.1) is 4.34 Å². The lowest BCUT2D eigenvalue weighted by molar-refractivity contribution is 0.519. The summed E-state index contributed by atoms with van der Waals surface area (Å²) >= 11 is 13.6. The van der Waals surface area contributed by atoms with Crippen molar-refractivity contribution in [3.63, 3.8) is 0 Å². The number of nitrogens with one attached hydrogen (secondary N) is 1. The van der Waals surface area contributed by atoms with Crippen LogP contribution >= 0.6 is 34.5 Å². The van der Waals surface area contributed by atoms with E-state index < -0.39 is 0 Å². The van der Waals surface area contributed by atoms with Crippen LogP contribution in [0.3, 0.4) is 0 Å². The molecule has 2 aromatic rings. The quantitative estimate of drug-likeness (QED) is 0.739. The molecule has 1 nitrogen and oxygen atoms in total. The van der Waals surface area contributed by atoms with Crippen LogP contribution in [-0.2, 0) is 6.42 Å². The topological polar surface area (TPSA) is 12.0 Å². The van der Waals surface area contributed by atoms with Crippen molar-refractivity contribution in [1.29, 1.82) is 0 Å². The molecular weight excluding hydrogens is 316 g/mol. The molecule has 1 aromatic heterocycles. The molecule has 20 heavy (non-hydrogen) atoms. The second kappa shape index (κ2) is 7.41. The highest BCUT2D eigenvalue weighted by atomic mass is 35.5. The van der Waals surface area contributed by atoms with E-state index in [1.165, 1.54) is 17.4 Å². The third-order valence-electron chi connectivity index (χ3n) is 3.05. The zero-order valence-corrected chi connectivity index (χ0v) is 13.5. The highest BCUT2D eigenvalue weighted by Crippen LogP contribution is 2.31. The Hall–Kier alpha value is -0.610. The van der Waals surface area contributed by atoms with E-state index in [0.717, 1.165) is 22.2 Å². The molecule has 0 aliphatic carbocycles. The van der Waals surface area contributed by atoms with Gasteiger partial charge in [0.1, 0.15) is 5.82 Å². The minimum absolute atomic E-state index is 0.0295. The molecule has 2 rings (SSSR count). The Bertz CT molecular complexity index is 551. The van der Waals surface area contributed by atoms with E-state index in [9.17, 15) is 4.39 Å². The van der Waals surface area contributed by atoms with Crippen LogP contribution in [0.1, 0.15) is 29.8 Å². The predicted molar refractivity (Wildman–Crippen MR) is 85.5 cm³/mol. The van der Waals surface area contributed by atoms with Crippen molar-refractivity contribution in [2.75, 3.05) is 6.54 Å². The zero-order chi connectivity index (χ0) is 14.5. The van der Waals surface area contributed by atoms with E-state index in [1.54, 1.807) is 12.1 Å². The molecule has 0 spiro atoms. The third-order valence-corrected chi connectivity index (χ3v) is 4.75. The van der Waals surface area contributed by atoms with Crippen molar-refractivity contribution >= 4 is 34.5 Å². The summed E-state index contributed by atoms with van der Waals surface area (Å²) in [6.07, 6.45) is 1.53. The van der Waals surface area contributed by atoms with Crippen LogP contribution < -0.4 is 5.32 Å². The van der Waals surface area contributed by atoms with Gasteiger partial charge in [-0.3, -0.25) is 0 Å². The molecule has 1 heterocycles. The molecule has 1 aromatic carbocycles. The first-order valence-corrected chi connectivity index (χ1v) is 8.10. The van der Waals surface area contributed by atoms with Crippen LogP contribution in [0.25, 0.3) is 0 Å². The van der Waals surface area contributed by atoms with Crippen molar-refractivity contribution < 1.29 is 4.39 Å². The summed E-state index contributed by atoms with van der Waals surface area (Å²) in [4.78, 5) is 1.10. The van der Waals surface area contributed by atoms with Gasteiger partial charge in [-0.05, 0) is 43.7 Å². The normalized spacial score (nSPS) is 12.6. The average Bonchev–Trinajstić information content (AvgIpc) is 2.84. The Kier molecular flexibility index (Phi) is 5.85. The number of hydrogen-bond donors (Lipinski definition) is 1. The van der Waals surface area contributed by atoms with Crippen molar-refractivity contribution in [1.82, 2.24) is 5.32 Å². The molecule has 0 saturated heterocycles. The maximum absolute atomic E-state index is 13.9. The van der Waals surface area contributed by atoms with E-state index in [0.29, 0.717) is 17.0 Å². The first-order chi connectivity index (χ1) is 9.61. The molecule has 1 unspecified atom stereocenters. The van der Waals surface area contributed by atoms with Gasteiger partial charge in [0.25, 0.3) is 0 Å². The first-order valence-electron chi connectivity index (χ1n) is 6.53. The Morgan fingerprint density at radius 3 is 2.65 bits per heavy atom. The van der Waals surface area contributed by atoms with Crippen molar-refractivity contribution in [2.24, 2.45) is 0 Å². The van der Waals surface area contributed by atoms with Crippen LogP contribution in [0.15, 0.2) is 30.3 Å². The number of halogens is 3. The van der Waals surface area contributed by atoms with Crippen molar-refractivity contribution in [3.8, 4) is 0 Å². The van der Waals surface area contributed by atoms with Crippen molar-refractivity contribution in [3.05, 3.63) is 55.9 Å². The SMILES string of the molecule is CCCNC(Cc1c(F)cccc1Cl)c1ccc(Cl)s1. The Morgan fingerprint density at radius 1 is 1.25 bits per heavy atom. The van der Waals surface area contributed by atoms with E-state index >= 15 is 0 Å². The molecule has 0 bridgehead atoms. The standard InChI is InChI=1S/C15H16Cl2FNS/c1-2-8-19-13(14-6-7-15(17)20-14)9-10-11(16)4-3-5-12(10)18/h3-7,13,19H,2,8-9H2,1H3. The van der Waals surface area contributed by atoms with E-state index in [-0.39, 0.29) is 11.9 Å². The molecular formula is C15H16Cl2FNS. The van der Waals surface area contributed by atoms with Gasteiger partial charge in [-0.1, -0.05) is 36.2 Å². The molecule has 0 aliphatic heterocycles. The summed E-state index contributed by atoms with van der Waals surface area (Å²) in [7, 11) is 0. The Balaban J connectivity index is 2.23. The van der Waals surface area contributed by atoms with E-state index in [2.05, 4.69) is 12.2 Å². The number of hydrogen-bond acceptors (Lipinski definition) is 2. The fraction of sp³-hybridized carbons (Fsp3) is 0.333. The number of thiophene rings is 1. The highest BCUT2D eigenvalue weighted by Gasteiger charge is 2.17. The van der Waals surface area contributed by atoms with Gasteiger partial charge < -0.3 is 5.32 Å². The molecule has 0 saturated carbocycles. The highest BCUT2D eigenvalue weighted by molar-refractivity contribution is 7.16. The average molecular weight is 332 g/mol. The smallest absolute Gasteiger partial charge is 0.127 e. The number of rotatable bonds is 6. The maximum Gasteiger partial charge on any atom is 0.127 e. The van der Waals surface area contributed by atoms with Crippen LogP contribution in [0.4, 0.5) is 4.39 Å². The second-order valence-corrected chi connectivity index (χ2v) is 6.71. The monoisotopic (exact) mass is 331 g/mol. The Morgan fingerprint density at radius 2 is 2.05 bits per heavy atom. The third kappa shape index (κ3) is 3.95. The van der Waals surface area contributed by atoms with E-state index in [4.69, 9.17) is 23.2 Å². The van der Waals surface area contributed by atoms with Gasteiger partial charge in [0, 0.05) is 21.5 Å². The van der Waals surface area contributed by atoms with Crippen LogP contribution in [-0.4, -0.2) is 6.54 Å². The largest absolute Gasteiger partial charge is 0.309 e. The fourth-order valence-corrected chi connectivity index (χ4v) is 3.42. The molecule has 0 radical (unpaired) electrons. The van der Waals surface area contributed by atoms with Gasteiger partial charge in [-0.25, -0.2) is 4.39 Å². The summed E-state index contributed by atoms with van der Waals surface area (Å²) in [5, 5.41) is 3.90. The molecule has 0 aliphatic rings. The minimum Gasteiger partial charge on any atom is -0.309 e. The summed E-state index contributed by atoms with van der Waals surface area (Å²) in [6, 6.07) is 8.66. The fourth-order valence-electron chi connectivity index (χ4n) is 2.04. The van der Waals surface area contributed by atoms with Gasteiger partial charge >= 0.3 is 0 Å². The summed E-state index contributed by atoms with van der Waals surface area (Å²) in [6.45, 7) is 2.97. The molecule has 0 amide bonds. The zero-order valence-electron chi connectivity index (χ0n) is 11.1. The van der Waals surface area contributed by atoms with Crippen LogP contribution in [0.2, 0.25) is 9.36 Å². The predicted octanol–water partition coefficient (Wildman–Crippen LogP) is 5.48. The van der Waals surface area contributed by atoms with Gasteiger partial charge in [0.15, 0.2) is 0 Å². The summed E-state index contributed by atoms with van der Waals surface area (Å²) < 4.78 is 14.7. The first kappa shape index (κ1) is 15.8. The van der Waals surface area contributed by atoms with Crippen molar-refractivity contribution in [2.45, 2.75) is 25.8 Å². The number of benzene rings is 1. The van der Waals surface area contributed by atoms with Crippen LogP contribution in [0.5, 0.6) is 0 Å². The van der Waals surface area contributed by atoms with Crippen LogP contribution in [0, 0.1) is 5.82 Å². The van der Waals surface area contributed by atoms with Gasteiger partial charge in [0.2, 0.25) is 0 Å². The minimum atomic E-state index is -0.261.